The van der Waals surface area contributed by atoms with E-state index in [1.54, 1.807) is 11.3 Å². The molecule has 0 aliphatic heterocycles. The minimum Gasteiger partial charge on any atom is -0.396 e. The third-order valence-electron chi connectivity index (χ3n) is 1.75. The summed E-state index contributed by atoms with van der Waals surface area (Å²) >= 11 is 1.66. The summed E-state index contributed by atoms with van der Waals surface area (Å²) in [6, 6.07) is 0. The van der Waals surface area contributed by atoms with Crippen LogP contribution in [0.2, 0.25) is 0 Å². The maximum Gasteiger partial charge on any atom is 0.0897 e. The molecular formula is C9H15NOS. The molecule has 0 saturated heterocycles. The molecule has 0 amide bonds. The zero-order chi connectivity index (χ0) is 9.19. The van der Waals surface area contributed by atoms with Crippen LogP contribution < -0.4 is 0 Å². The van der Waals surface area contributed by atoms with E-state index in [9.17, 15) is 0 Å². The number of aliphatic hydroxyl groups is 1. The Morgan fingerprint density at radius 2 is 2.25 bits per heavy atom. The summed E-state index contributed by atoms with van der Waals surface area (Å²) in [6.45, 7) is 6.30. The van der Waals surface area contributed by atoms with E-state index in [4.69, 9.17) is 5.11 Å². The van der Waals surface area contributed by atoms with Crippen molar-refractivity contribution in [2.75, 3.05) is 6.61 Å². The van der Waals surface area contributed by atoms with Gasteiger partial charge >= 0.3 is 0 Å². The molecule has 3 heteroatoms. The predicted molar refractivity (Wildman–Crippen MR) is 51.4 cm³/mol. The van der Waals surface area contributed by atoms with Gasteiger partial charge in [0.25, 0.3) is 0 Å². The molecule has 0 atom stereocenters. The summed E-state index contributed by atoms with van der Waals surface area (Å²) in [5, 5.41) is 12.2. The van der Waals surface area contributed by atoms with E-state index in [0.29, 0.717) is 0 Å². The number of rotatable bonds is 3. The minimum atomic E-state index is -0.0412. The van der Waals surface area contributed by atoms with Gasteiger partial charge in [-0.2, -0.15) is 0 Å². The van der Waals surface area contributed by atoms with E-state index in [0.717, 1.165) is 17.1 Å². The monoisotopic (exact) mass is 185 g/mol. The molecule has 1 aromatic rings. The van der Waals surface area contributed by atoms with Gasteiger partial charge in [0.05, 0.1) is 10.7 Å². The summed E-state index contributed by atoms with van der Waals surface area (Å²) in [6.07, 6.45) is 0.855. The molecule has 0 bridgehead atoms. The molecule has 1 aromatic heterocycles. The fraction of sp³-hybridized carbons (Fsp3) is 0.667. The van der Waals surface area contributed by atoms with Gasteiger partial charge in [0.2, 0.25) is 0 Å². The molecule has 12 heavy (non-hydrogen) atoms. The van der Waals surface area contributed by atoms with Gasteiger partial charge in [-0.3, -0.25) is 0 Å². The Bertz CT molecular complexity index is 255. The van der Waals surface area contributed by atoms with Crippen molar-refractivity contribution in [1.29, 1.82) is 0 Å². The minimum absolute atomic E-state index is 0.0412. The van der Waals surface area contributed by atoms with Crippen molar-refractivity contribution in [2.45, 2.75) is 27.2 Å². The lowest BCUT2D eigenvalue weighted by atomic mass is 9.89. The summed E-state index contributed by atoms with van der Waals surface area (Å²) in [5.41, 5.74) is 1.05. The number of nitrogens with zero attached hydrogens (tertiary/aromatic N) is 1. The zero-order valence-electron chi connectivity index (χ0n) is 7.79. The molecule has 68 valence electrons. The molecule has 0 unspecified atom stereocenters. The molecule has 0 aliphatic rings. The molecule has 2 nitrogen and oxygen atoms in total. The van der Waals surface area contributed by atoms with Crippen molar-refractivity contribution >= 4 is 11.3 Å². The van der Waals surface area contributed by atoms with E-state index in [1.165, 1.54) is 0 Å². The maximum absolute atomic E-state index is 9.04. The lowest BCUT2D eigenvalue weighted by Crippen LogP contribution is -2.19. The fourth-order valence-electron chi connectivity index (χ4n) is 1.04. The van der Waals surface area contributed by atoms with Crippen LogP contribution in [0.25, 0.3) is 0 Å². The average Bonchev–Trinajstić information content (AvgIpc) is 2.35. The molecule has 0 saturated carbocycles. The normalized spacial score (nSPS) is 12.0. The molecule has 1 N–H and O–H groups in total. The first-order valence-electron chi connectivity index (χ1n) is 4.05. The topological polar surface area (TPSA) is 33.1 Å². The van der Waals surface area contributed by atoms with Crippen LogP contribution in [0.4, 0.5) is 0 Å². The molecule has 0 aromatic carbocycles. The van der Waals surface area contributed by atoms with Gasteiger partial charge in [0, 0.05) is 12.0 Å². The highest BCUT2D eigenvalue weighted by Gasteiger charge is 2.18. The van der Waals surface area contributed by atoms with E-state index >= 15 is 0 Å². The second-order valence-corrected chi connectivity index (χ2v) is 4.92. The first kappa shape index (κ1) is 9.68. The van der Waals surface area contributed by atoms with Crippen LogP contribution in [0, 0.1) is 12.3 Å². The fourth-order valence-corrected chi connectivity index (χ4v) is 1.65. The average molecular weight is 185 g/mol. The molecule has 0 aliphatic carbocycles. The quantitative estimate of drug-likeness (QED) is 0.781. The Labute approximate surface area is 77.3 Å². The van der Waals surface area contributed by atoms with Crippen LogP contribution in [0.1, 0.15) is 24.5 Å². The summed E-state index contributed by atoms with van der Waals surface area (Å²) in [4.78, 5) is 4.35. The number of aryl methyl sites for hydroxylation is 1. The summed E-state index contributed by atoms with van der Waals surface area (Å²) in [5.74, 6) is 0. The first-order chi connectivity index (χ1) is 5.53. The Kier molecular flexibility index (Phi) is 2.85. The Morgan fingerprint density at radius 1 is 1.58 bits per heavy atom. The second kappa shape index (κ2) is 3.54. The van der Waals surface area contributed by atoms with Crippen molar-refractivity contribution in [2.24, 2.45) is 5.41 Å². The first-order valence-corrected chi connectivity index (χ1v) is 4.93. The smallest absolute Gasteiger partial charge is 0.0897 e. The number of aliphatic hydroxyl groups excluding tert-OH is 1. The molecule has 0 fully saturated rings. The largest absolute Gasteiger partial charge is 0.396 e. The summed E-state index contributed by atoms with van der Waals surface area (Å²) < 4.78 is 0. The second-order valence-electron chi connectivity index (χ2n) is 3.86. The zero-order valence-corrected chi connectivity index (χ0v) is 8.61. The van der Waals surface area contributed by atoms with Gasteiger partial charge < -0.3 is 5.11 Å². The highest BCUT2D eigenvalue weighted by atomic mass is 32.1. The Hall–Kier alpha value is -0.410. The van der Waals surface area contributed by atoms with Gasteiger partial charge in [-0.25, -0.2) is 4.98 Å². The van der Waals surface area contributed by atoms with Gasteiger partial charge in [-0.05, 0) is 18.8 Å². The van der Waals surface area contributed by atoms with E-state index in [1.807, 2.05) is 20.8 Å². The molecule has 1 heterocycles. The van der Waals surface area contributed by atoms with Crippen LogP contribution in [0.3, 0.4) is 0 Å². The predicted octanol–water partition coefficient (Wildman–Crippen LogP) is 2.01. The van der Waals surface area contributed by atoms with Crippen molar-refractivity contribution in [1.82, 2.24) is 4.98 Å². The lowest BCUT2D eigenvalue weighted by molar-refractivity contribution is 0.159. The summed E-state index contributed by atoms with van der Waals surface area (Å²) in [7, 11) is 0. The standard InChI is InChI=1S/C9H15NOS/c1-7-10-8(5-12-7)4-9(2,3)6-11/h5,11H,4,6H2,1-3H3. The molecule has 0 radical (unpaired) electrons. The Balaban J connectivity index is 2.63. The highest BCUT2D eigenvalue weighted by molar-refractivity contribution is 7.09. The van der Waals surface area contributed by atoms with Gasteiger partial charge in [-0.15, -0.1) is 11.3 Å². The maximum atomic E-state index is 9.04. The van der Waals surface area contributed by atoms with Gasteiger partial charge in [0.15, 0.2) is 0 Å². The molecule has 1 rings (SSSR count). The number of aromatic nitrogens is 1. The molecule has 0 spiro atoms. The van der Waals surface area contributed by atoms with E-state index in [-0.39, 0.29) is 12.0 Å². The van der Waals surface area contributed by atoms with Crippen molar-refractivity contribution < 1.29 is 5.11 Å². The van der Waals surface area contributed by atoms with Gasteiger partial charge in [-0.1, -0.05) is 13.8 Å². The van der Waals surface area contributed by atoms with Gasteiger partial charge in [0.1, 0.15) is 0 Å². The number of hydrogen-bond acceptors (Lipinski definition) is 3. The van der Waals surface area contributed by atoms with Crippen molar-refractivity contribution in [3.63, 3.8) is 0 Å². The van der Waals surface area contributed by atoms with Crippen LogP contribution >= 0.6 is 11.3 Å². The lowest BCUT2D eigenvalue weighted by Gasteiger charge is -2.19. The Morgan fingerprint density at radius 3 is 2.67 bits per heavy atom. The number of thiazole rings is 1. The third-order valence-corrected chi connectivity index (χ3v) is 2.58. The van der Waals surface area contributed by atoms with Crippen LogP contribution in [-0.2, 0) is 6.42 Å². The molecular weight excluding hydrogens is 170 g/mol. The van der Waals surface area contributed by atoms with Crippen LogP contribution in [-0.4, -0.2) is 16.7 Å². The van der Waals surface area contributed by atoms with Crippen LogP contribution in [0.5, 0.6) is 0 Å². The van der Waals surface area contributed by atoms with Crippen molar-refractivity contribution in [3.05, 3.63) is 16.1 Å². The third kappa shape index (κ3) is 2.57. The SMILES string of the molecule is Cc1nc(CC(C)(C)CO)cs1. The highest BCUT2D eigenvalue weighted by Crippen LogP contribution is 2.21. The van der Waals surface area contributed by atoms with E-state index in [2.05, 4.69) is 10.4 Å². The number of hydrogen-bond donors (Lipinski definition) is 1. The van der Waals surface area contributed by atoms with Crippen LogP contribution in [0.15, 0.2) is 5.38 Å². The van der Waals surface area contributed by atoms with Crippen molar-refractivity contribution in [3.8, 4) is 0 Å². The van der Waals surface area contributed by atoms with E-state index < -0.39 is 0 Å².